The van der Waals surface area contributed by atoms with E-state index in [9.17, 15) is 0 Å². The zero-order chi connectivity index (χ0) is 18.3. The summed E-state index contributed by atoms with van der Waals surface area (Å²) in [6.07, 6.45) is 9.98. The Morgan fingerprint density at radius 3 is 2.22 bits per heavy atom. The second-order valence-corrected chi connectivity index (χ2v) is 8.65. The maximum atomic E-state index is 6.28. The number of likely N-dealkylation sites (tertiary alicyclic amines) is 1. The maximum Gasteiger partial charge on any atom is 0.119 e. The fourth-order valence-electron chi connectivity index (χ4n) is 4.83. The van der Waals surface area contributed by atoms with Crippen molar-refractivity contribution in [2.45, 2.75) is 57.6 Å². The monoisotopic (exact) mass is 372 g/mol. The zero-order valence-electron chi connectivity index (χ0n) is 16.8. The molecule has 2 aliphatic heterocycles. The van der Waals surface area contributed by atoms with Crippen molar-refractivity contribution in [3.8, 4) is 5.75 Å². The largest absolute Gasteiger partial charge is 0.490 e. The van der Waals surface area contributed by atoms with Crippen LogP contribution in [0, 0.1) is 5.92 Å². The van der Waals surface area contributed by atoms with Crippen molar-refractivity contribution in [3.63, 3.8) is 0 Å². The van der Waals surface area contributed by atoms with Gasteiger partial charge in [-0.2, -0.15) is 0 Å². The quantitative estimate of drug-likeness (QED) is 0.755. The Morgan fingerprint density at radius 1 is 0.815 bits per heavy atom. The third kappa shape index (κ3) is 5.94. The Kier molecular flexibility index (Phi) is 7.05. The Labute approximate surface area is 164 Å². The molecule has 27 heavy (non-hydrogen) atoms. The third-order valence-corrected chi connectivity index (χ3v) is 6.51. The molecule has 0 unspecified atom stereocenters. The Bertz CT molecular complexity index is 542. The van der Waals surface area contributed by atoms with Crippen LogP contribution in [0.2, 0.25) is 0 Å². The van der Waals surface area contributed by atoms with Gasteiger partial charge in [0.15, 0.2) is 0 Å². The van der Waals surface area contributed by atoms with Crippen LogP contribution in [0.25, 0.3) is 0 Å². The van der Waals surface area contributed by atoms with Gasteiger partial charge in [0.1, 0.15) is 11.9 Å². The van der Waals surface area contributed by atoms with Crippen LogP contribution in [0.3, 0.4) is 0 Å². The van der Waals surface area contributed by atoms with Crippen LogP contribution in [0.15, 0.2) is 24.3 Å². The second kappa shape index (κ2) is 9.90. The summed E-state index contributed by atoms with van der Waals surface area (Å²) in [5.41, 5.74) is 1.37. The van der Waals surface area contributed by atoms with Gasteiger partial charge in [0.05, 0.1) is 13.2 Å². The number of morpholine rings is 1. The third-order valence-electron chi connectivity index (χ3n) is 6.51. The Balaban J connectivity index is 1.18. The molecule has 1 aromatic carbocycles. The first-order valence-electron chi connectivity index (χ1n) is 11.1. The molecule has 4 heteroatoms. The number of hydrogen-bond acceptors (Lipinski definition) is 4. The lowest BCUT2D eigenvalue weighted by molar-refractivity contribution is 0.0341. The Hall–Kier alpha value is -1.10. The van der Waals surface area contributed by atoms with Gasteiger partial charge in [0.25, 0.3) is 0 Å². The molecule has 0 aromatic heterocycles. The highest BCUT2D eigenvalue weighted by atomic mass is 16.5. The first-order chi connectivity index (χ1) is 13.3. The van der Waals surface area contributed by atoms with E-state index in [1.807, 2.05) is 0 Å². The van der Waals surface area contributed by atoms with Crippen molar-refractivity contribution in [3.05, 3.63) is 29.8 Å². The van der Waals surface area contributed by atoms with Crippen molar-refractivity contribution in [2.75, 3.05) is 45.9 Å². The first kappa shape index (κ1) is 19.2. The van der Waals surface area contributed by atoms with E-state index in [-0.39, 0.29) is 0 Å². The normalized spacial score (nSPS) is 24.1. The molecule has 0 atom stereocenters. The van der Waals surface area contributed by atoms with Gasteiger partial charge < -0.3 is 14.4 Å². The molecule has 1 aliphatic carbocycles. The van der Waals surface area contributed by atoms with Gasteiger partial charge in [-0.15, -0.1) is 0 Å². The van der Waals surface area contributed by atoms with Crippen molar-refractivity contribution in [1.82, 2.24) is 9.80 Å². The van der Waals surface area contributed by atoms with Crippen LogP contribution >= 0.6 is 0 Å². The highest BCUT2D eigenvalue weighted by molar-refractivity contribution is 5.27. The van der Waals surface area contributed by atoms with E-state index in [1.165, 1.54) is 70.1 Å². The van der Waals surface area contributed by atoms with E-state index < -0.39 is 0 Å². The lowest BCUT2D eigenvalue weighted by Gasteiger charge is -2.35. The Morgan fingerprint density at radius 2 is 1.52 bits per heavy atom. The molecule has 0 spiro atoms. The van der Waals surface area contributed by atoms with Crippen LogP contribution < -0.4 is 4.74 Å². The molecule has 4 rings (SSSR count). The summed E-state index contributed by atoms with van der Waals surface area (Å²) in [6.45, 7) is 8.55. The smallest absolute Gasteiger partial charge is 0.119 e. The van der Waals surface area contributed by atoms with Gasteiger partial charge in [-0.1, -0.05) is 31.4 Å². The molecular weight excluding hydrogens is 336 g/mol. The van der Waals surface area contributed by atoms with Crippen LogP contribution in [0.1, 0.15) is 50.5 Å². The number of rotatable bonds is 6. The molecule has 0 amide bonds. The summed E-state index contributed by atoms with van der Waals surface area (Å²) < 4.78 is 11.7. The summed E-state index contributed by atoms with van der Waals surface area (Å²) >= 11 is 0. The molecule has 3 aliphatic rings. The van der Waals surface area contributed by atoms with E-state index in [2.05, 4.69) is 34.1 Å². The lowest BCUT2D eigenvalue weighted by Crippen LogP contribution is -2.40. The van der Waals surface area contributed by atoms with Crippen molar-refractivity contribution in [1.29, 1.82) is 0 Å². The van der Waals surface area contributed by atoms with Gasteiger partial charge >= 0.3 is 0 Å². The molecule has 0 radical (unpaired) electrons. The summed E-state index contributed by atoms with van der Waals surface area (Å²) in [6, 6.07) is 8.76. The minimum absolute atomic E-state index is 0.387. The highest BCUT2D eigenvalue weighted by Crippen LogP contribution is 2.26. The number of benzene rings is 1. The molecule has 1 saturated carbocycles. The molecule has 2 saturated heterocycles. The van der Waals surface area contributed by atoms with Crippen molar-refractivity contribution in [2.24, 2.45) is 5.92 Å². The average Bonchev–Trinajstić information content (AvgIpc) is 2.73. The summed E-state index contributed by atoms with van der Waals surface area (Å²) in [5.74, 6) is 1.99. The molecule has 150 valence electrons. The number of hydrogen-bond donors (Lipinski definition) is 0. The predicted octanol–water partition coefficient (Wildman–Crippen LogP) is 3.94. The summed E-state index contributed by atoms with van der Waals surface area (Å²) in [5, 5.41) is 0. The van der Waals surface area contributed by atoms with Gasteiger partial charge in [0.2, 0.25) is 0 Å². The SMILES string of the molecule is c1cc(OC2CCN(CC3CCCCC3)CC2)ccc1CN1CCOCC1. The summed E-state index contributed by atoms with van der Waals surface area (Å²) in [4.78, 5) is 5.14. The number of piperidine rings is 1. The van der Waals surface area contributed by atoms with Crippen molar-refractivity contribution >= 4 is 0 Å². The van der Waals surface area contributed by atoms with Gasteiger partial charge in [-0.05, 0) is 49.3 Å². The second-order valence-electron chi connectivity index (χ2n) is 8.65. The molecule has 2 heterocycles. The standard InChI is InChI=1S/C23H36N2O2/c1-2-4-20(5-3-1)18-24-12-10-23(11-13-24)27-22-8-6-21(7-9-22)19-25-14-16-26-17-15-25/h6-9,20,23H,1-5,10-19H2. The van der Waals surface area contributed by atoms with Crippen LogP contribution in [-0.2, 0) is 11.3 Å². The van der Waals surface area contributed by atoms with Gasteiger partial charge in [-0.25, -0.2) is 0 Å². The minimum atomic E-state index is 0.387. The van der Waals surface area contributed by atoms with Crippen LogP contribution in [-0.4, -0.2) is 61.8 Å². The van der Waals surface area contributed by atoms with Crippen LogP contribution in [0.4, 0.5) is 0 Å². The van der Waals surface area contributed by atoms with Gasteiger partial charge in [-0.3, -0.25) is 4.90 Å². The highest BCUT2D eigenvalue weighted by Gasteiger charge is 2.23. The van der Waals surface area contributed by atoms with E-state index in [4.69, 9.17) is 9.47 Å². The topological polar surface area (TPSA) is 24.9 Å². The number of ether oxygens (including phenoxy) is 2. The maximum absolute atomic E-state index is 6.28. The summed E-state index contributed by atoms with van der Waals surface area (Å²) in [7, 11) is 0. The number of nitrogens with zero attached hydrogens (tertiary/aromatic N) is 2. The zero-order valence-corrected chi connectivity index (χ0v) is 16.8. The van der Waals surface area contributed by atoms with E-state index in [0.29, 0.717) is 6.10 Å². The van der Waals surface area contributed by atoms with E-state index >= 15 is 0 Å². The predicted molar refractivity (Wildman–Crippen MR) is 109 cm³/mol. The molecule has 3 fully saturated rings. The molecule has 0 bridgehead atoms. The van der Waals surface area contributed by atoms with Crippen molar-refractivity contribution < 1.29 is 9.47 Å². The fourth-order valence-corrected chi connectivity index (χ4v) is 4.83. The first-order valence-corrected chi connectivity index (χ1v) is 11.1. The van der Waals surface area contributed by atoms with Gasteiger partial charge in [0, 0.05) is 39.3 Å². The van der Waals surface area contributed by atoms with Crippen LogP contribution in [0.5, 0.6) is 5.75 Å². The average molecular weight is 373 g/mol. The minimum Gasteiger partial charge on any atom is -0.490 e. The van der Waals surface area contributed by atoms with E-state index in [1.54, 1.807) is 0 Å². The molecule has 1 aromatic rings. The lowest BCUT2D eigenvalue weighted by atomic mass is 9.88. The molecule has 0 N–H and O–H groups in total. The molecule has 4 nitrogen and oxygen atoms in total. The van der Waals surface area contributed by atoms with E-state index in [0.717, 1.165) is 44.5 Å². The fraction of sp³-hybridized carbons (Fsp3) is 0.739. The molecular formula is C23H36N2O2.